The molecule has 5 aliphatic carbocycles. The van der Waals surface area contributed by atoms with E-state index in [0.29, 0.717) is 47.6 Å². The summed E-state index contributed by atoms with van der Waals surface area (Å²) >= 11 is 0. The molecule has 6 aliphatic rings. The number of nitrogens with one attached hydrogen (secondary N) is 2. The van der Waals surface area contributed by atoms with E-state index >= 15 is 0 Å². The Labute approximate surface area is 321 Å². The summed E-state index contributed by atoms with van der Waals surface area (Å²) in [6.07, 6.45) is 7.46. The lowest BCUT2D eigenvalue weighted by Crippen LogP contribution is -2.62. The van der Waals surface area contributed by atoms with Gasteiger partial charge in [0.2, 0.25) is 11.8 Å². The fourth-order valence-corrected chi connectivity index (χ4v) is 11.8. The molecule has 2 bridgehead atoms. The van der Waals surface area contributed by atoms with Gasteiger partial charge in [-0.1, -0.05) is 47.5 Å². The standard InChI is InChI=1S/C42H77N5O6/c1-12-24(2)35(22-45(7)8)44-40(50)29-16-28(17-31(18-29)46(9)10)32-15-13-14-27(39(32)52-11)21-47-38(37(26(4)49)36(23-48)53-47)41(51)43-34-20-30-19-33(25(34)3)42(30,5)6/h24-39,48-49H,12-23H2,1-11H3,(H,43,51)(H,44,50)/t24-,25-,26-,27?,28?,29?,30+,31?,32?,33-,34-,35+,36+,37+,38-,39?/m0/s1. The molecule has 6 unspecified atom stereocenters. The fraction of sp³-hybridized carbons (Fsp3) is 0.952. The molecular formula is C42H77N5O6. The SMILES string of the molecule is CC[C@H](C)[C@@H](CN(C)C)NC(=O)C1CC(C2CCCC(CN3O[C@H](CO)[C@@H]([C@H](C)O)[C@H]3C(=O)N[C@H]3C[C@H]4C[C@@H]([C@@H]3C)C4(C)C)C2OC)CC(N(C)C)C1. The molecule has 2 amide bonds. The van der Waals surface area contributed by atoms with Gasteiger partial charge in [0.05, 0.1) is 18.8 Å². The Bertz CT molecular complexity index is 1220. The summed E-state index contributed by atoms with van der Waals surface area (Å²) < 4.78 is 6.42. The molecule has 306 valence electrons. The zero-order valence-electron chi connectivity index (χ0n) is 35.1. The third-order valence-corrected chi connectivity index (χ3v) is 15.4. The van der Waals surface area contributed by atoms with Crippen molar-refractivity contribution in [2.24, 2.45) is 58.7 Å². The first-order valence-electron chi connectivity index (χ1n) is 21.2. The normalized spacial score (nSPS) is 40.4. The van der Waals surface area contributed by atoms with E-state index in [1.807, 2.05) is 7.11 Å². The van der Waals surface area contributed by atoms with Crippen LogP contribution in [-0.4, -0.2) is 134 Å². The molecule has 1 heterocycles. The minimum absolute atomic E-state index is 0.0568. The number of hydroxylamine groups is 2. The molecular weight excluding hydrogens is 670 g/mol. The molecule has 0 aromatic carbocycles. The van der Waals surface area contributed by atoms with Crippen molar-refractivity contribution in [3.8, 4) is 0 Å². The average molecular weight is 748 g/mol. The lowest BCUT2D eigenvalue weighted by molar-refractivity contribution is -0.193. The summed E-state index contributed by atoms with van der Waals surface area (Å²) in [7, 11) is 10.2. The van der Waals surface area contributed by atoms with Crippen LogP contribution < -0.4 is 10.6 Å². The Morgan fingerprint density at radius 3 is 2.32 bits per heavy atom. The summed E-state index contributed by atoms with van der Waals surface area (Å²) in [6.45, 7) is 14.2. The molecule has 0 aromatic heterocycles. The number of aliphatic hydroxyl groups excluding tert-OH is 2. The quantitative estimate of drug-likeness (QED) is 0.197. The molecule has 1 aliphatic heterocycles. The number of rotatable bonds is 15. The van der Waals surface area contributed by atoms with E-state index in [1.165, 1.54) is 6.42 Å². The van der Waals surface area contributed by atoms with Gasteiger partial charge in [-0.3, -0.25) is 14.4 Å². The van der Waals surface area contributed by atoms with Crippen LogP contribution in [-0.2, 0) is 19.2 Å². The van der Waals surface area contributed by atoms with Crippen LogP contribution in [0.2, 0.25) is 0 Å². The predicted octanol–water partition coefficient (Wildman–Crippen LogP) is 4.02. The smallest absolute Gasteiger partial charge is 0.240 e. The van der Waals surface area contributed by atoms with Crippen LogP contribution in [0.1, 0.15) is 99.3 Å². The van der Waals surface area contributed by atoms with E-state index in [-0.39, 0.29) is 54.4 Å². The number of hydrogen-bond acceptors (Lipinski definition) is 9. The van der Waals surface area contributed by atoms with Gasteiger partial charge in [-0.05, 0) is 121 Å². The van der Waals surface area contributed by atoms with Crippen LogP contribution in [0.5, 0.6) is 0 Å². The van der Waals surface area contributed by atoms with E-state index in [4.69, 9.17) is 9.57 Å². The second-order valence-corrected chi connectivity index (χ2v) is 19.4. The molecule has 11 heteroatoms. The molecule has 0 spiro atoms. The van der Waals surface area contributed by atoms with E-state index in [1.54, 1.807) is 12.0 Å². The molecule has 16 atom stereocenters. The van der Waals surface area contributed by atoms with E-state index < -0.39 is 24.2 Å². The number of hydrogen-bond donors (Lipinski definition) is 4. The monoisotopic (exact) mass is 748 g/mol. The van der Waals surface area contributed by atoms with Crippen LogP contribution in [0.15, 0.2) is 0 Å². The van der Waals surface area contributed by atoms with Gasteiger partial charge in [-0.2, -0.15) is 5.06 Å². The van der Waals surface area contributed by atoms with Crippen molar-refractivity contribution in [3.05, 3.63) is 0 Å². The van der Waals surface area contributed by atoms with Crippen molar-refractivity contribution in [1.29, 1.82) is 0 Å². The number of ether oxygens (including phenoxy) is 1. The molecule has 5 saturated carbocycles. The average Bonchev–Trinajstić information content (AvgIpc) is 3.49. The molecule has 4 N–H and O–H groups in total. The maximum atomic E-state index is 14.3. The second-order valence-electron chi connectivity index (χ2n) is 19.4. The number of likely N-dealkylation sites (N-methyl/N-ethyl adjacent to an activating group) is 1. The topological polar surface area (TPSA) is 127 Å². The van der Waals surface area contributed by atoms with E-state index in [0.717, 1.165) is 57.9 Å². The first-order valence-corrected chi connectivity index (χ1v) is 21.2. The first-order chi connectivity index (χ1) is 25.0. The highest BCUT2D eigenvalue weighted by molar-refractivity contribution is 5.83. The highest BCUT2D eigenvalue weighted by Gasteiger charge is 2.58. The first kappa shape index (κ1) is 42.8. The van der Waals surface area contributed by atoms with Crippen molar-refractivity contribution in [3.63, 3.8) is 0 Å². The van der Waals surface area contributed by atoms with Crippen molar-refractivity contribution in [1.82, 2.24) is 25.5 Å². The van der Waals surface area contributed by atoms with Gasteiger partial charge in [0.15, 0.2) is 0 Å². The van der Waals surface area contributed by atoms with Crippen molar-refractivity contribution >= 4 is 11.8 Å². The summed E-state index contributed by atoms with van der Waals surface area (Å²) in [5, 5.41) is 30.1. The maximum Gasteiger partial charge on any atom is 0.240 e. The zero-order chi connectivity index (χ0) is 38.9. The number of nitrogens with zero attached hydrogens (tertiary/aromatic N) is 3. The Balaban J connectivity index is 1.32. The van der Waals surface area contributed by atoms with Gasteiger partial charge in [0.1, 0.15) is 12.1 Å². The number of amides is 2. The lowest BCUT2D eigenvalue weighted by atomic mass is 9.45. The van der Waals surface area contributed by atoms with E-state index in [9.17, 15) is 19.8 Å². The van der Waals surface area contributed by atoms with Gasteiger partial charge < -0.3 is 35.4 Å². The number of aliphatic hydroxyl groups is 2. The third-order valence-electron chi connectivity index (χ3n) is 15.4. The van der Waals surface area contributed by atoms with Gasteiger partial charge in [-0.15, -0.1) is 0 Å². The van der Waals surface area contributed by atoms with E-state index in [2.05, 4.69) is 83.2 Å². The molecule has 1 saturated heterocycles. The Morgan fingerprint density at radius 1 is 1.04 bits per heavy atom. The van der Waals surface area contributed by atoms with Gasteiger partial charge >= 0.3 is 0 Å². The van der Waals surface area contributed by atoms with Crippen molar-refractivity contribution in [2.75, 3.05) is 55.0 Å². The summed E-state index contributed by atoms with van der Waals surface area (Å²) in [5.74, 6) is 2.16. The van der Waals surface area contributed by atoms with Crippen LogP contribution in [0, 0.1) is 58.7 Å². The molecule has 0 radical (unpaired) electrons. The fourth-order valence-electron chi connectivity index (χ4n) is 11.8. The number of carbonyl (C=O) groups excluding carboxylic acids is 2. The van der Waals surface area contributed by atoms with Crippen LogP contribution >= 0.6 is 0 Å². The van der Waals surface area contributed by atoms with Crippen molar-refractivity contribution < 1.29 is 29.4 Å². The Morgan fingerprint density at radius 2 is 1.75 bits per heavy atom. The third kappa shape index (κ3) is 9.12. The van der Waals surface area contributed by atoms with Gasteiger partial charge in [-0.25, -0.2) is 0 Å². The lowest BCUT2D eigenvalue weighted by Gasteiger charge is -2.62. The number of methoxy groups -OCH3 is 1. The van der Waals surface area contributed by atoms with Gasteiger partial charge in [0.25, 0.3) is 0 Å². The molecule has 11 nitrogen and oxygen atoms in total. The van der Waals surface area contributed by atoms with Gasteiger partial charge in [0, 0.05) is 56.1 Å². The molecule has 6 fully saturated rings. The molecule has 0 aromatic rings. The summed E-state index contributed by atoms with van der Waals surface area (Å²) in [4.78, 5) is 39.2. The predicted molar refractivity (Wildman–Crippen MR) is 209 cm³/mol. The van der Waals surface area contributed by atoms with Crippen LogP contribution in [0.3, 0.4) is 0 Å². The minimum Gasteiger partial charge on any atom is -0.394 e. The summed E-state index contributed by atoms with van der Waals surface area (Å²) in [5.41, 5.74) is 0.316. The zero-order valence-corrected chi connectivity index (χ0v) is 35.1. The molecule has 6 rings (SSSR count). The van der Waals surface area contributed by atoms with Crippen molar-refractivity contribution in [2.45, 2.75) is 142 Å². The highest BCUT2D eigenvalue weighted by atomic mass is 16.7. The largest absolute Gasteiger partial charge is 0.394 e. The number of carbonyl (C=O) groups is 2. The minimum atomic E-state index is -0.827. The molecule has 53 heavy (non-hydrogen) atoms. The second kappa shape index (κ2) is 17.9. The summed E-state index contributed by atoms with van der Waals surface area (Å²) in [6, 6.07) is -0.183. The van der Waals surface area contributed by atoms with Crippen LogP contribution in [0.4, 0.5) is 0 Å². The Hall–Kier alpha value is -1.34. The maximum absolute atomic E-state index is 14.3. The number of fused-ring (bicyclic) bond motifs is 2. The highest BCUT2D eigenvalue weighted by Crippen LogP contribution is 2.61. The van der Waals surface area contributed by atoms with Crippen LogP contribution in [0.25, 0.3) is 0 Å². The Kier molecular flexibility index (Phi) is 14.4.